The molecule has 0 fully saturated rings. The van der Waals surface area contributed by atoms with Crippen LogP contribution in [0.2, 0.25) is 0 Å². The zero-order valence-corrected chi connectivity index (χ0v) is 11.8. The first-order chi connectivity index (χ1) is 9.61. The first-order valence-corrected chi connectivity index (χ1v) is 6.30. The minimum Gasteiger partial charge on any atom is -0.496 e. The van der Waals surface area contributed by atoms with E-state index in [1.54, 1.807) is 7.11 Å². The van der Waals surface area contributed by atoms with Gasteiger partial charge in [-0.05, 0) is 31.0 Å². The number of hydrogen-bond donors (Lipinski definition) is 1. The fourth-order valence-corrected chi connectivity index (χ4v) is 2.04. The lowest BCUT2D eigenvalue weighted by atomic mass is 10.0. The van der Waals surface area contributed by atoms with E-state index in [1.807, 2.05) is 19.9 Å². The molecule has 0 aliphatic heterocycles. The number of carbonyl (C=O) groups excluding carboxylic acids is 1. The van der Waals surface area contributed by atoms with Crippen LogP contribution in [-0.2, 0) is 6.54 Å². The van der Waals surface area contributed by atoms with Crippen LogP contribution in [0, 0.1) is 13.8 Å². The highest BCUT2D eigenvalue weighted by Gasteiger charge is 2.11. The Morgan fingerprint density at radius 2 is 2.10 bits per heavy atom. The molecule has 0 bridgehead atoms. The summed E-state index contributed by atoms with van der Waals surface area (Å²) in [5, 5.41) is 2.83. The molecule has 0 aliphatic rings. The smallest absolute Gasteiger partial charge is 0.271 e. The summed E-state index contributed by atoms with van der Waals surface area (Å²) in [7, 11) is 1.63. The minimum absolute atomic E-state index is 0.250. The first-order valence-electron chi connectivity index (χ1n) is 6.30. The highest BCUT2D eigenvalue weighted by Crippen LogP contribution is 2.23. The van der Waals surface area contributed by atoms with Crippen LogP contribution in [0.3, 0.4) is 0 Å². The fraction of sp³-hybridized carbons (Fsp3) is 0.267. The number of hydrogen-bond acceptors (Lipinski definition) is 4. The third-order valence-electron chi connectivity index (χ3n) is 3.02. The number of benzene rings is 1. The Bertz CT molecular complexity index is 612. The van der Waals surface area contributed by atoms with Gasteiger partial charge in [-0.1, -0.05) is 6.07 Å². The van der Waals surface area contributed by atoms with E-state index in [0.717, 1.165) is 22.4 Å². The van der Waals surface area contributed by atoms with Gasteiger partial charge in [-0.25, -0.2) is 4.98 Å². The highest BCUT2D eigenvalue weighted by atomic mass is 16.5. The minimum atomic E-state index is -0.250. The van der Waals surface area contributed by atoms with E-state index in [0.29, 0.717) is 12.2 Å². The van der Waals surface area contributed by atoms with Crippen LogP contribution in [0.1, 0.15) is 27.2 Å². The van der Waals surface area contributed by atoms with Crippen LogP contribution in [0.4, 0.5) is 0 Å². The van der Waals surface area contributed by atoms with E-state index in [-0.39, 0.29) is 5.91 Å². The third kappa shape index (κ3) is 3.12. The number of nitrogens with one attached hydrogen (secondary N) is 1. The van der Waals surface area contributed by atoms with Gasteiger partial charge in [0.1, 0.15) is 11.4 Å². The molecule has 2 aromatic rings. The van der Waals surface area contributed by atoms with E-state index in [9.17, 15) is 4.79 Å². The van der Waals surface area contributed by atoms with E-state index in [4.69, 9.17) is 4.74 Å². The number of aromatic nitrogens is 2. The van der Waals surface area contributed by atoms with Crippen molar-refractivity contribution in [2.24, 2.45) is 0 Å². The Hall–Kier alpha value is -2.43. The van der Waals surface area contributed by atoms with Gasteiger partial charge in [0, 0.05) is 24.5 Å². The van der Waals surface area contributed by atoms with E-state index < -0.39 is 0 Å². The molecular weight excluding hydrogens is 254 g/mol. The SMILES string of the molecule is COc1cc(C)cc(C)c1CNC(=O)c1cnccn1. The molecule has 0 spiro atoms. The summed E-state index contributed by atoms with van der Waals surface area (Å²) < 4.78 is 5.37. The zero-order valence-electron chi connectivity index (χ0n) is 11.8. The summed E-state index contributed by atoms with van der Waals surface area (Å²) >= 11 is 0. The van der Waals surface area contributed by atoms with Gasteiger partial charge in [-0.3, -0.25) is 9.78 Å². The van der Waals surface area contributed by atoms with Gasteiger partial charge in [-0.15, -0.1) is 0 Å². The quantitative estimate of drug-likeness (QED) is 0.924. The van der Waals surface area contributed by atoms with Gasteiger partial charge in [0.2, 0.25) is 0 Å². The maximum Gasteiger partial charge on any atom is 0.271 e. The molecule has 104 valence electrons. The summed E-state index contributed by atoms with van der Waals surface area (Å²) in [6.07, 6.45) is 4.46. The highest BCUT2D eigenvalue weighted by molar-refractivity contribution is 5.91. The van der Waals surface area contributed by atoms with Crippen LogP contribution >= 0.6 is 0 Å². The monoisotopic (exact) mass is 271 g/mol. The van der Waals surface area contributed by atoms with Crippen molar-refractivity contribution in [2.75, 3.05) is 7.11 Å². The molecule has 0 radical (unpaired) electrons. The van der Waals surface area contributed by atoms with Gasteiger partial charge in [0.15, 0.2) is 0 Å². The number of carbonyl (C=O) groups is 1. The van der Waals surface area contributed by atoms with Gasteiger partial charge >= 0.3 is 0 Å². The molecule has 1 N–H and O–H groups in total. The molecule has 0 aliphatic carbocycles. The Kier molecular flexibility index (Phi) is 4.30. The molecule has 0 saturated heterocycles. The summed E-state index contributed by atoms with van der Waals surface area (Å²) in [4.78, 5) is 19.8. The molecule has 0 atom stereocenters. The van der Waals surface area contributed by atoms with E-state index >= 15 is 0 Å². The Labute approximate surface area is 118 Å². The van der Waals surface area contributed by atoms with Crippen LogP contribution in [-0.4, -0.2) is 23.0 Å². The van der Waals surface area contributed by atoms with Gasteiger partial charge in [0.05, 0.1) is 13.3 Å². The van der Waals surface area contributed by atoms with Gasteiger partial charge in [-0.2, -0.15) is 0 Å². The maximum absolute atomic E-state index is 11.9. The van der Waals surface area contributed by atoms with E-state index in [2.05, 4.69) is 21.4 Å². The second-order valence-electron chi connectivity index (χ2n) is 4.54. The Morgan fingerprint density at radius 3 is 2.75 bits per heavy atom. The average Bonchev–Trinajstić information content (AvgIpc) is 2.46. The molecule has 0 saturated carbocycles. The normalized spacial score (nSPS) is 10.2. The zero-order chi connectivity index (χ0) is 14.5. The van der Waals surface area contributed by atoms with Crippen molar-refractivity contribution < 1.29 is 9.53 Å². The van der Waals surface area contributed by atoms with Crippen LogP contribution in [0.15, 0.2) is 30.7 Å². The van der Waals surface area contributed by atoms with Crippen molar-refractivity contribution >= 4 is 5.91 Å². The third-order valence-corrected chi connectivity index (χ3v) is 3.02. The summed E-state index contributed by atoms with van der Waals surface area (Å²) in [5.41, 5.74) is 3.48. The number of rotatable bonds is 4. The van der Waals surface area contributed by atoms with Crippen LogP contribution in [0.5, 0.6) is 5.75 Å². The molecule has 1 aromatic carbocycles. The second kappa shape index (κ2) is 6.14. The number of amides is 1. The number of nitrogens with zero attached hydrogens (tertiary/aromatic N) is 2. The van der Waals surface area contributed by atoms with Crippen molar-refractivity contribution in [3.05, 3.63) is 53.1 Å². The molecule has 1 aromatic heterocycles. The number of aryl methyl sites for hydroxylation is 2. The standard InChI is InChI=1S/C15H17N3O2/c1-10-6-11(2)12(14(7-10)20-3)8-18-15(19)13-9-16-4-5-17-13/h4-7,9H,8H2,1-3H3,(H,18,19). The average molecular weight is 271 g/mol. The molecular formula is C15H17N3O2. The summed E-state index contributed by atoms with van der Waals surface area (Å²) in [6.45, 7) is 4.40. The molecule has 20 heavy (non-hydrogen) atoms. The second-order valence-corrected chi connectivity index (χ2v) is 4.54. The van der Waals surface area contributed by atoms with Crippen LogP contribution in [0.25, 0.3) is 0 Å². The Balaban J connectivity index is 2.13. The molecule has 1 heterocycles. The fourth-order valence-electron chi connectivity index (χ4n) is 2.04. The molecule has 5 nitrogen and oxygen atoms in total. The molecule has 1 amide bonds. The summed E-state index contributed by atoms with van der Waals surface area (Å²) in [6, 6.07) is 4.02. The lowest BCUT2D eigenvalue weighted by Gasteiger charge is -2.13. The largest absolute Gasteiger partial charge is 0.496 e. The predicted octanol–water partition coefficient (Wildman–Crippen LogP) is 2.03. The van der Waals surface area contributed by atoms with E-state index in [1.165, 1.54) is 18.6 Å². The van der Waals surface area contributed by atoms with Gasteiger partial charge in [0.25, 0.3) is 5.91 Å². The van der Waals surface area contributed by atoms with Crippen molar-refractivity contribution in [1.82, 2.24) is 15.3 Å². The van der Waals surface area contributed by atoms with Crippen molar-refractivity contribution in [3.63, 3.8) is 0 Å². The number of ether oxygens (including phenoxy) is 1. The van der Waals surface area contributed by atoms with Crippen molar-refractivity contribution in [3.8, 4) is 5.75 Å². The van der Waals surface area contributed by atoms with Crippen molar-refractivity contribution in [2.45, 2.75) is 20.4 Å². The first kappa shape index (κ1) is 14.0. The van der Waals surface area contributed by atoms with Gasteiger partial charge < -0.3 is 10.1 Å². The maximum atomic E-state index is 11.9. The molecule has 0 unspecified atom stereocenters. The molecule has 5 heteroatoms. The number of methoxy groups -OCH3 is 1. The van der Waals surface area contributed by atoms with Crippen LogP contribution < -0.4 is 10.1 Å². The molecule has 2 rings (SSSR count). The van der Waals surface area contributed by atoms with Crippen molar-refractivity contribution in [1.29, 1.82) is 0 Å². The lowest BCUT2D eigenvalue weighted by Crippen LogP contribution is -2.24. The topological polar surface area (TPSA) is 64.1 Å². The lowest BCUT2D eigenvalue weighted by molar-refractivity contribution is 0.0945. The predicted molar refractivity (Wildman–Crippen MR) is 75.7 cm³/mol. The Morgan fingerprint density at radius 1 is 1.30 bits per heavy atom. The summed E-state index contributed by atoms with van der Waals surface area (Å²) in [5.74, 6) is 0.530.